The van der Waals surface area contributed by atoms with Gasteiger partial charge in [-0.25, -0.2) is 0 Å². The van der Waals surface area contributed by atoms with Crippen LogP contribution in [0.4, 0.5) is 5.69 Å². The highest BCUT2D eigenvalue weighted by Gasteiger charge is 2.04. The molecule has 0 unspecified atom stereocenters. The maximum Gasteiger partial charge on any atom is 0.0533 e. The first-order chi connectivity index (χ1) is 7.45. The number of hydrogen-bond donors (Lipinski definition) is 1. The molecule has 72 valence electrons. The van der Waals surface area contributed by atoms with Gasteiger partial charge in [0.1, 0.15) is 0 Å². The Hall–Kier alpha value is -2.02. The van der Waals surface area contributed by atoms with Crippen LogP contribution in [0.3, 0.4) is 0 Å². The molecule has 15 heavy (non-hydrogen) atoms. The monoisotopic (exact) mass is 193 g/mol. The first kappa shape index (κ1) is 8.30. The number of hydrogen-bond acceptors (Lipinski definition) is 1. The van der Waals surface area contributed by atoms with Crippen LogP contribution in [0.15, 0.2) is 54.8 Å². The molecule has 2 aromatic rings. The molecule has 0 amide bonds. The average Bonchev–Trinajstić information content (AvgIpc) is 2.54. The Balaban J connectivity index is 2.38. The van der Waals surface area contributed by atoms with Crippen molar-refractivity contribution in [1.82, 2.24) is 0 Å². The summed E-state index contributed by atoms with van der Waals surface area (Å²) in [4.78, 5) is 0. The van der Waals surface area contributed by atoms with Crippen molar-refractivity contribution in [1.29, 1.82) is 0 Å². The van der Waals surface area contributed by atoms with Crippen LogP contribution in [0.2, 0.25) is 0 Å². The largest absolute Gasteiger partial charge is 0.361 e. The van der Waals surface area contributed by atoms with Crippen LogP contribution in [0.25, 0.3) is 16.8 Å². The lowest BCUT2D eigenvalue weighted by Gasteiger charge is -2.09. The zero-order chi connectivity index (χ0) is 10.1. The van der Waals surface area contributed by atoms with Gasteiger partial charge >= 0.3 is 0 Å². The van der Waals surface area contributed by atoms with Gasteiger partial charge in [-0.3, -0.25) is 0 Å². The van der Waals surface area contributed by atoms with E-state index in [1.807, 2.05) is 18.4 Å². The van der Waals surface area contributed by atoms with Gasteiger partial charge < -0.3 is 5.32 Å². The average molecular weight is 193 g/mol. The van der Waals surface area contributed by atoms with Gasteiger partial charge in [0, 0.05) is 11.6 Å². The summed E-state index contributed by atoms with van der Waals surface area (Å²) in [6.45, 7) is 0. The lowest BCUT2D eigenvalue weighted by molar-refractivity contribution is 1.61. The molecule has 1 aliphatic heterocycles. The highest BCUT2D eigenvalue weighted by Crippen LogP contribution is 2.29. The molecular weight excluding hydrogens is 182 g/mol. The molecule has 0 fully saturated rings. The van der Waals surface area contributed by atoms with Crippen LogP contribution in [0, 0.1) is 0 Å². The molecule has 0 atom stereocenters. The number of anilines is 1. The first-order valence-corrected chi connectivity index (χ1v) is 5.07. The minimum absolute atomic E-state index is 1.19. The molecule has 0 saturated heterocycles. The summed E-state index contributed by atoms with van der Waals surface area (Å²) in [5, 5.41) is 5.87. The lowest BCUT2D eigenvalue weighted by Crippen LogP contribution is -1.90. The third-order valence-electron chi connectivity index (χ3n) is 2.67. The molecule has 0 bridgehead atoms. The van der Waals surface area contributed by atoms with Crippen molar-refractivity contribution < 1.29 is 0 Å². The van der Waals surface area contributed by atoms with Crippen LogP contribution < -0.4 is 5.32 Å². The van der Waals surface area contributed by atoms with Crippen molar-refractivity contribution >= 4 is 22.5 Å². The number of benzene rings is 2. The second kappa shape index (κ2) is 3.28. The van der Waals surface area contributed by atoms with E-state index in [0.717, 1.165) is 0 Å². The summed E-state index contributed by atoms with van der Waals surface area (Å²) in [7, 11) is 0. The summed E-state index contributed by atoms with van der Waals surface area (Å²) in [6, 6.07) is 12.7. The van der Waals surface area contributed by atoms with Gasteiger partial charge in [-0.05, 0) is 17.0 Å². The molecule has 2 aromatic carbocycles. The fraction of sp³-hybridized carbons (Fsp3) is 0. The zero-order valence-electron chi connectivity index (χ0n) is 8.27. The fourth-order valence-corrected chi connectivity index (χ4v) is 1.93. The molecule has 0 aromatic heterocycles. The third kappa shape index (κ3) is 1.33. The maximum absolute atomic E-state index is 3.33. The van der Waals surface area contributed by atoms with Crippen molar-refractivity contribution in [2.45, 2.75) is 0 Å². The summed E-state index contributed by atoms with van der Waals surface area (Å²) in [5.74, 6) is 0. The van der Waals surface area contributed by atoms with E-state index in [-0.39, 0.29) is 0 Å². The quantitative estimate of drug-likeness (QED) is 0.671. The van der Waals surface area contributed by atoms with E-state index in [2.05, 4.69) is 47.8 Å². The van der Waals surface area contributed by atoms with E-state index in [1.54, 1.807) is 0 Å². The minimum atomic E-state index is 1.19. The topological polar surface area (TPSA) is 12.0 Å². The molecule has 1 heterocycles. The molecule has 1 nitrogen and oxygen atoms in total. The van der Waals surface area contributed by atoms with Gasteiger partial charge in [0.15, 0.2) is 0 Å². The Bertz CT molecular complexity index is 565. The normalized spacial score (nSPS) is 13.3. The first-order valence-electron chi connectivity index (χ1n) is 5.07. The molecule has 1 aliphatic rings. The van der Waals surface area contributed by atoms with Crippen molar-refractivity contribution in [2.24, 2.45) is 0 Å². The third-order valence-corrected chi connectivity index (χ3v) is 2.67. The van der Waals surface area contributed by atoms with Crippen molar-refractivity contribution in [3.8, 4) is 0 Å². The van der Waals surface area contributed by atoms with Crippen LogP contribution >= 0.6 is 0 Å². The molecule has 0 saturated carbocycles. The highest BCUT2D eigenvalue weighted by molar-refractivity contribution is 5.98. The smallest absolute Gasteiger partial charge is 0.0533 e. The molecule has 0 radical (unpaired) electrons. The predicted octanol–water partition coefficient (Wildman–Crippen LogP) is 3.79. The van der Waals surface area contributed by atoms with Gasteiger partial charge in [-0.1, -0.05) is 48.6 Å². The van der Waals surface area contributed by atoms with Gasteiger partial charge in [0.2, 0.25) is 0 Å². The predicted molar refractivity (Wildman–Crippen MR) is 65.7 cm³/mol. The highest BCUT2D eigenvalue weighted by atomic mass is 14.8. The van der Waals surface area contributed by atoms with Gasteiger partial charge in [0.05, 0.1) is 5.69 Å². The van der Waals surface area contributed by atoms with Crippen LogP contribution in [0.5, 0.6) is 0 Å². The number of rotatable bonds is 0. The van der Waals surface area contributed by atoms with E-state index in [1.165, 1.54) is 22.0 Å². The van der Waals surface area contributed by atoms with E-state index in [0.29, 0.717) is 0 Å². The molecular formula is C14H11N. The standard InChI is InChI=1S/C14H11N/c1-2-7-13-11(5-1)8-9-12-6-3-4-10-15-14(12)13/h1-10,15H. The zero-order valence-corrected chi connectivity index (χ0v) is 8.27. The molecule has 1 heteroatoms. The Labute approximate surface area is 88.7 Å². The number of allylic oxidation sites excluding steroid dienone is 2. The van der Waals surface area contributed by atoms with Gasteiger partial charge in [-0.2, -0.15) is 0 Å². The minimum Gasteiger partial charge on any atom is -0.361 e. The fourth-order valence-electron chi connectivity index (χ4n) is 1.93. The number of nitrogens with one attached hydrogen (secondary N) is 1. The van der Waals surface area contributed by atoms with Crippen molar-refractivity contribution in [3.05, 3.63) is 60.3 Å². The van der Waals surface area contributed by atoms with Crippen LogP contribution in [0.1, 0.15) is 5.56 Å². The van der Waals surface area contributed by atoms with Crippen molar-refractivity contribution in [3.63, 3.8) is 0 Å². The second-order valence-corrected chi connectivity index (χ2v) is 3.61. The lowest BCUT2D eigenvalue weighted by atomic mass is 10.0. The maximum atomic E-state index is 3.33. The van der Waals surface area contributed by atoms with E-state index >= 15 is 0 Å². The summed E-state index contributed by atoms with van der Waals surface area (Å²) >= 11 is 0. The molecule has 0 spiro atoms. The Kier molecular flexibility index (Phi) is 1.82. The molecule has 1 N–H and O–H groups in total. The Morgan fingerprint density at radius 3 is 2.80 bits per heavy atom. The Morgan fingerprint density at radius 1 is 0.867 bits per heavy atom. The SMILES string of the molecule is C1=CNc2c(ccc3ccccc23)C=C1. The van der Waals surface area contributed by atoms with E-state index in [9.17, 15) is 0 Å². The van der Waals surface area contributed by atoms with Crippen molar-refractivity contribution in [2.75, 3.05) is 5.32 Å². The van der Waals surface area contributed by atoms with E-state index < -0.39 is 0 Å². The Morgan fingerprint density at radius 2 is 1.80 bits per heavy atom. The van der Waals surface area contributed by atoms with Crippen LogP contribution in [-0.4, -0.2) is 0 Å². The van der Waals surface area contributed by atoms with Crippen LogP contribution in [-0.2, 0) is 0 Å². The summed E-state index contributed by atoms with van der Waals surface area (Å²) < 4.78 is 0. The van der Waals surface area contributed by atoms with Gasteiger partial charge in [0.25, 0.3) is 0 Å². The second-order valence-electron chi connectivity index (χ2n) is 3.61. The summed E-state index contributed by atoms with van der Waals surface area (Å²) in [5.41, 5.74) is 2.43. The summed E-state index contributed by atoms with van der Waals surface area (Å²) in [6.07, 6.45) is 8.15. The number of fused-ring (bicyclic) bond motifs is 3. The molecule has 0 aliphatic carbocycles. The molecule has 3 rings (SSSR count). The van der Waals surface area contributed by atoms with E-state index in [4.69, 9.17) is 0 Å². The van der Waals surface area contributed by atoms with Gasteiger partial charge in [-0.15, -0.1) is 0 Å².